The highest BCUT2D eigenvalue weighted by Crippen LogP contribution is 2.38. The smallest absolute Gasteiger partial charge is 0.147 e. The summed E-state index contributed by atoms with van der Waals surface area (Å²) in [6, 6.07) is 5.94. The highest BCUT2D eigenvalue weighted by atomic mass is 79.9. The predicted molar refractivity (Wildman–Crippen MR) is 81.1 cm³/mol. The Labute approximate surface area is 139 Å². The Bertz CT molecular complexity index is 728. The van der Waals surface area contributed by atoms with Crippen LogP contribution in [0.5, 0.6) is 0 Å². The van der Waals surface area contributed by atoms with Crippen LogP contribution in [-0.4, -0.2) is 16.7 Å². The lowest BCUT2D eigenvalue weighted by atomic mass is 9.80. The van der Waals surface area contributed by atoms with Gasteiger partial charge in [-0.3, -0.25) is 4.98 Å². The van der Waals surface area contributed by atoms with Gasteiger partial charge in [-0.25, -0.2) is 13.2 Å². The molecule has 1 N–H and O–H groups in total. The molecule has 0 fully saturated rings. The molecule has 2 atom stereocenters. The maximum atomic E-state index is 14.0. The Morgan fingerprint density at radius 3 is 2.35 bits per heavy atom. The van der Waals surface area contributed by atoms with Crippen molar-refractivity contribution < 1.29 is 18.3 Å². The van der Waals surface area contributed by atoms with Crippen LogP contribution in [0.1, 0.15) is 29.4 Å². The lowest BCUT2D eigenvalue weighted by Crippen LogP contribution is -2.15. The van der Waals surface area contributed by atoms with Gasteiger partial charge in [0.05, 0.1) is 28.9 Å². The van der Waals surface area contributed by atoms with Gasteiger partial charge in [0, 0.05) is 18.1 Å². The first-order valence-corrected chi connectivity index (χ1v) is 7.53. The van der Waals surface area contributed by atoms with Crippen LogP contribution in [0.2, 0.25) is 0 Å². The monoisotopic (exact) mass is 384 g/mol. The summed E-state index contributed by atoms with van der Waals surface area (Å²) < 4.78 is 41.5. The van der Waals surface area contributed by atoms with Crippen molar-refractivity contribution in [2.45, 2.75) is 18.3 Å². The third-order valence-electron chi connectivity index (χ3n) is 3.55. The predicted octanol–water partition coefficient (Wildman–Crippen LogP) is 4.03. The summed E-state index contributed by atoms with van der Waals surface area (Å²) in [5, 5.41) is 18.7. The highest BCUT2D eigenvalue weighted by molar-refractivity contribution is 9.10. The fourth-order valence-corrected chi connectivity index (χ4v) is 2.89. The van der Waals surface area contributed by atoms with Gasteiger partial charge >= 0.3 is 0 Å². The van der Waals surface area contributed by atoms with E-state index in [-0.39, 0.29) is 23.1 Å². The molecule has 120 valence electrons. The van der Waals surface area contributed by atoms with Crippen LogP contribution < -0.4 is 0 Å². The molecule has 0 aliphatic rings. The molecule has 2 rings (SSSR count). The molecule has 0 saturated heterocycles. The molecule has 1 aromatic carbocycles. The number of benzene rings is 1. The zero-order valence-electron chi connectivity index (χ0n) is 11.8. The SMILES string of the molecule is N#CC(c1ccc(F)c(Br)c1)C(CCO)c1c(F)cncc1F. The number of nitrogens with zero attached hydrogens (tertiary/aromatic N) is 2. The molecule has 2 unspecified atom stereocenters. The minimum atomic E-state index is -0.953. The molecule has 3 nitrogen and oxygen atoms in total. The number of aromatic nitrogens is 1. The Kier molecular flexibility index (Phi) is 5.74. The first kappa shape index (κ1) is 17.4. The zero-order valence-corrected chi connectivity index (χ0v) is 13.4. The van der Waals surface area contributed by atoms with Gasteiger partial charge < -0.3 is 5.11 Å². The maximum Gasteiger partial charge on any atom is 0.147 e. The summed E-state index contributed by atoms with van der Waals surface area (Å²) >= 11 is 3.02. The fourth-order valence-electron chi connectivity index (χ4n) is 2.49. The minimum absolute atomic E-state index is 0.0227. The number of hydrogen-bond donors (Lipinski definition) is 1. The molecule has 0 radical (unpaired) electrons. The van der Waals surface area contributed by atoms with Crippen molar-refractivity contribution in [1.82, 2.24) is 4.98 Å². The lowest BCUT2D eigenvalue weighted by molar-refractivity contribution is 0.269. The highest BCUT2D eigenvalue weighted by Gasteiger charge is 2.30. The fraction of sp³-hybridized carbons (Fsp3) is 0.250. The molecular weight excluding hydrogens is 373 g/mol. The van der Waals surface area contributed by atoms with Crippen LogP contribution >= 0.6 is 15.9 Å². The second kappa shape index (κ2) is 7.57. The van der Waals surface area contributed by atoms with E-state index in [9.17, 15) is 23.5 Å². The first-order valence-electron chi connectivity index (χ1n) is 6.74. The van der Waals surface area contributed by atoms with Crippen LogP contribution in [0.3, 0.4) is 0 Å². The van der Waals surface area contributed by atoms with E-state index in [1.54, 1.807) is 0 Å². The van der Waals surface area contributed by atoms with E-state index in [4.69, 9.17) is 0 Å². The van der Waals surface area contributed by atoms with E-state index in [0.29, 0.717) is 5.56 Å². The zero-order chi connectivity index (χ0) is 17.0. The lowest BCUT2D eigenvalue weighted by Gasteiger charge is -2.23. The summed E-state index contributed by atoms with van der Waals surface area (Å²) in [6.07, 6.45) is 1.70. The molecule has 0 saturated carbocycles. The summed E-state index contributed by atoms with van der Waals surface area (Å²) in [5.41, 5.74) is 0.0934. The van der Waals surface area contributed by atoms with Gasteiger partial charge in [0.1, 0.15) is 17.5 Å². The quantitative estimate of drug-likeness (QED) is 0.846. The Morgan fingerprint density at radius 1 is 1.17 bits per heavy atom. The molecule has 0 aliphatic carbocycles. The normalized spacial score (nSPS) is 13.4. The van der Waals surface area contributed by atoms with E-state index in [2.05, 4.69) is 20.9 Å². The molecule has 0 amide bonds. The van der Waals surface area contributed by atoms with Crippen molar-refractivity contribution in [3.8, 4) is 6.07 Å². The van der Waals surface area contributed by atoms with Gasteiger partial charge in [-0.15, -0.1) is 0 Å². The third kappa shape index (κ3) is 3.71. The van der Waals surface area contributed by atoms with Crippen LogP contribution in [0.15, 0.2) is 35.1 Å². The number of aliphatic hydroxyl groups is 1. The second-order valence-electron chi connectivity index (χ2n) is 4.92. The molecule has 1 heterocycles. The molecule has 0 bridgehead atoms. The summed E-state index contributed by atoms with van der Waals surface area (Å²) in [7, 11) is 0. The number of pyridine rings is 1. The standard InChI is InChI=1S/C16H12BrF3N2O/c17-12-5-9(1-2-13(12)18)11(6-21)10(3-4-23)16-14(19)7-22-8-15(16)20/h1-2,5,7-8,10-11,23H,3-4H2. The largest absolute Gasteiger partial charge is 0.396 e. The molecule has 2 aromatic rings. The number of aliphatic hydroxyl groups excluding tert-OH is 1. The van der Waals surface area contributed by atoms with E-state index >= 15 is 0 Å². The third-order valence-corrected chi connectivity index (χ3v) is 4.15. The Morgan fingerprint density at radius 2 is 1.83 bits per heavy atom. The molecule has 0 aliphatic heterocycles. The molecule has 7 heteroatoms. The van der Waals surface area contributed by atoms with Crippen molar-refractivity contribution >= 4 is 15.9 Å². The molecular formula is C16H12BrF3N2O. The van der Waals surface area contributed by atoms with Crippen molar-refractivity contribution in [3.63, 3.8) is 0 Å². The van der Waals surface area contributed by atoms with Crippen LogP contribution in [0, 0.1) is 28.8 Å². The maximum absolute atomic E-state index is 14.0. The summed E-state index contributed by atoms with van der Waals surface area (Å²) in [5.74, 6) is -4.16. The van der Waals surface area contributed by atoms with Crippen molar-refractivity contribution in [1.29, 1.82) is 5.26 Å². The van der Waals surface area contributed by atoms with E-state index in [0.717, 1.165) is 12.4 Å². The topological polar surface area (TPSA) is 56.9 Å². The van der Waals surface area contributed by atoms with Gasteiger partial charge in [0.2, 0.25) is 0 Å². The van der Waals surface area contributed by atoms with E-state index in [1.165, 1.54) is 18.2 Å². The Balaban J connectivity index is 2.54. The van der Waals surface area contributed by atoms with Crippen LogP contribution in [-0.2, 0) is 0 Å². The minimum Gasteiger partial charge on any atom is -0.396 e. The van der Waals surface area contributed by atoms with Gasteiger partial charge in [-0.05, 0) is 40.0 Å². The van der Waals surface area contributed by atoms with Gasteiger partial charge in [0.25, 0.3) is 0 Å². The van der Waals surface area contributed by atoms with Gasteiger partial charge in [-0.1, -0.05) is 6.07 Å². The average Bonchev–Trinajstić information content (AvgIpc) is 2.51. The van der Waals surface area contributed by atoms with Gasteiger partial charge in [-0.2, -0.15) is 5.26 Å². The molecule has 1 aromatic heterocycles. The summed E-state index contributed by atoms with van der Waals surface area (Å²) in [6.45, 7) is -0.355. The number of nitriles is 1. The number of rotatable bonds is 5. The number of hydrogen-bond acceptors (Lipinski definition) is 3. The Hall–Kier alpha value is -1.91. The van der Waals surface area contributed by atoms with Crippen LogP contribution in [0.25, 0.3) is 0 Å². The number of halogens is 4. The second-order valence-corrected chi connectivity index (χ2v) is 5.77. The van der Waals surface area contributed by atoms with Crippen molar-refractivity contribution in [3.05, 3.63) is 63.6 Å². The average molecular weight is 385 g/mol. The molecule has 23 heavy (non-hydrogen) atoms. The van der Waals surface area contributed by atoms with E-state index in [1.807, 2.05) is 6.07 Å². The summed E-state index contributed by atoms with van der Waals surface area (Å²) in [4.78, 5) is 3.42. The first-order chi connectivity index (χ1) is 11.0. The van der Waals surface area contributed by atoms with Crippen molar-refractivity contribution in [2.75, 3.05) is 6.61 Å². The van der Waals surface area contributed by atoms with E-state index < -0.39 is 29.3 Å². The molecule has 0 spiro atoms. The van der Waals surface area contributed by atoms with Gasteiger partial charge in [0.15, 0.2) is 0 Å². The van der Waals surface area contributed by atoms with Crippen molar-refractivity contribution in [2.24, 2.45) is 0 Å². The van der Waals surface area contributed by atoms with Crippen LogP contribution in [0.4, 0.5) is 13.2 Å².